The quantitative estimate of drug-likeness (QED) is 0.816. The Hall–Kier alpha value is -1.66. The Morgan fingerprint density at radius 3 is 2.72 bits per heavy atom. The van der Waals surface area contributed by atoms with Gasteiger partial charge in [0.15, 0.2) is 19.9 Å². The Bertz CT molecular complexity index is 868. The second-order valence-electron chi connectivity index (χ2n) is 8.22. The van der Waals surface area contributed by atoms with Crippen molar-refractivity contribution >= 4 is 19.2 Å². The first-order chi connectivity index (χ1) is 11.6. The molecule has 2 aromatic rings. The lowest BCUT2D eigenvalue weighted by atomic mass is 10.0. The number of fused-ring (bicyclic) bond motifs is 3. The van der Waals surface area contributed by atoms with Gasteiger partial charge in [-0.2, -0.15) is 0 Å². The van der Waals surface area contributed by atoms with Gasteiger partial charge in [-0.3, -0.25) is 4.79 Å². The smallest absolute Gasteiger partial charge is 0.291 e. The third-order valence-electron chi connectivity index (χ3n) is 5.48. The van der Waals surface area contributed by atoms with Crippen LogP contribution in [0.3, 0.4) is 0 Å². The van der Waals surface area contributed by atoms with Gasteiger partial charge in [-0.25, -0.2) is 4.39 Å². The largest absolute Gasteiger partial charge is 0.488 e. The highest BCUT2D eigenvalue weighted by atomic mass is 28.4. The summed E-state index contributed by atoms with van der Waals surface area (Å²) in [6.07, 6.45) is 1.57. The van der Waals surface area contributed by atoms with Gasteiger partial charge in [0, 0.05) is 16.5 Å². The standard InChI is InChI=1S/C19H26FNO3Si/c1-19(2,3)25(4,5)24-11-12-8-9-13-14-7-6-10-23-17(14)18(22)21-16(13)15(12)20/h8-9H,6-7,10-11H2,1-5H3,(H,21,22). The lowest BCUT2D eigenvalue weighted by Gasteiger charge is -2.36. The van der Waals surface area contributed by atoms with E-state index in [9.17, 15) is 4.79 Å². The van der Waals surface area contributed by atoms with Gasteiger partial charge in [0.1, 0.15) is 0 Å². The number of aryl methyl sites for hydroxylation is 1. The number of hydrogen-bond acceptors (Lipinski definition) is 3. The summed E-state index contributed by atoms with van der Waals surface area (Å²) in [5.74, 6) is -0.0647. The third-order valence-corrected chi connectivity index (χ3v) is 9.96. The summed E-state index contributed by atoms with van der Waals surface area (Å²) < 4.78 is 26.6. The first-order valence-electron chi connectivity index (χ1n) is 8.75. The third kappa shape index (κ3) is 3.25. The number of ether oxygens (including phenoxy) is 1. The van der Waals surface area contributed by atoms with Crippen LogP contribution in [0.5, 0.6) is 5.75 Å². The Morgan fingerprint density at radius 2 is 2.04 bits per heavy atom. The Balaban J connectivity index is 2.00. The second-order valence-corrected chi connectivity index (χ2v) is 13.0. The molecule has 0 spiro atoms. The first-order valence-corrected chi connectivity index (χ1v) is 11.7. The summed E-state index contributed by atoms with van der Waals surface area (Å²) in [6.45, 7) is 11.5. The molecular weight excluding hydrogens is 337 g/mol. The van der Waals surface area contributed by atoms with Gasteiger partial charge in [-0.1, -0.05) is 32.9 Å². The van der Waals surface area contributed by atoms with Crippen molar-refractivity contribution in [3.63, 3.8) is 0 Å². The van der Waals surface area contributed by atoms with Gasteiger partial charge in [0.05, 0.1) is 18.7 Å². The van der Waals surface area contributed by atoms with E-state index in [0.29, 0.717) is 17.9 Å². The lowest BCUT2D eigenvalue weighted by Crippen LogP contribution is -2.40. The van der Waals surface area contributed by atoms with Crippen LogP contribution in [0, 0.1) is 5.82 Å². The number of aromatic amines is 1. The molecule has 25 heavy (non-hydrogen) atoms. The van der Waals surface area contributed by atoms with E-state index in [-0.39, 0.29) is 22.7 Å². The van der Waals surface area contributed by atoms with Gasteiger partial charge in [0.25, 0.3) is 5.56 Å². The molecule has 0 atom stereocenters. The molecule has 1 aliphatic rings. The SMILES string of the molecule is CC(C)(C)[Si](C)(C)OCc1ccc2c3c(c(=O)[nH]c2c1F)OCCC3. The minimum absolute atomic E-state index is 0.0606. The predicted molar refractivity (Wildman–Crippen MR) is 100 cm³/mol. The van der Waals surface area contributed by atoms with E-state index in [2.05, 4.69) is 38.8 Å². The average Bonchev–Trinajstić information content (AvgIpc) is 2.54. The van der Waals surface area contributed by atoms with Crippen molar-refractivity contribution in [3.8, 4) is 5.75 Å². The topological polar surface area (TPSA) is 51.3 Å². The molecule has 1 N–H and O–H groups in total. The minimum Gasteiger partial charge on any atom is -0.488 e. The maximum Gasteiger partial charge on any atom is 0.291 e. The fraction of sp³-hybridized carbons (Fsp3) is 0.526. The average molecular weight is 364 g/mol. The van der Waals surface area contributed by atoms with Crippen LogP contribution in [0.25, 0.3) is 10.9 Å². The summed E-state index contributed by atoms with van der Waals surface area (Å²) in [5, 5.41) is 0.785. The van der Waals surface area contributed by atoms with Crippen LogP contribution < -0.4 is 10.3 Å². The van der Waals surface area contributed by atoms with Crippen LogP contribution in [0.2, 0.25) is 18.1 Å². The van der Waals surface area contributed by atoms with Crippen molar-refractivity contribution in [2.45, 2.75) is 58.4 Å². The molecule has 0 amide bonds. The van der Waals surface area contributed by atoms with Crippen molar-refractivity contribution in [2.24, 2.45) is 0 Å². The zero-order valence-electron chi connectivity index (χ0n) is 15.6. The van der Waals surface area contributed by atoms with Crippen molar-refractivity contribution in [1.82, 2.24) is 4.98 Å². The van der Waals surface area contributed by atoms with Crippen LogP contribution in [-0.2, 0) is 17.5 Å². The van der Waals surface area contributed by atoms with Gasteiger partial charge < -0.3 is 14.1 Å². The molecule has 0 bridgehead atoms. The van der Waals surface area contributed by atoms with Crippen molar-refractivity contribution in [1.29, 1.82) is 0 Å². The molecule has 1 aromatic carbocycles. The van der Waals surface area contributed by atoms with Crippen LogP contribution in [-0.4, -0.2) is 19.9 Å². The molecule has 4 nitrogen and oxygen atoms in total. The highest BCUT2D eigenvalue weighted by Gasteiger charge is 2.37. The van der Waals surface area contributed by atoms with Crippen LogP contribution in [0.1, 0.15) is 38.3 Å². The molecule has 2 heterocycles. The molecule has 136 valence electrons. The first kappa shape index (κ1) is 18.1. The Morgan fingerprint density at radius 1 is 1.32 bits per heavy atom. The number of nitrogens with one attached hydrogen (secondary N) is 1. The molecule has 0 saturated heterocycles. The van der Waals surface area contributed by atoms with Crippen molar-refractivity contribution in [2.75, 3.05) is 6.61 Å². The van der Waals surface area contributed by atoms with Crippen LogP contribution in [0.4, 0.5) is 4.39 Å². The van der Waals surface area contributed by atoms with E-state index in [1.807, 2.05) is 6.07 Å². The number of hydrogen-bond donors (Lipinski definition) is 1. The maximum absolute atomic E-state index is 15.0. The van der Waals surface area contributed by atoms with Gasteiger partial charge in [-0.15, -0.1) is 0 Å². The van der Waals surface area contributed by atoms with E-state index in [1.165, 1.54) is 0 Å². The normalized spacial score (nSPS) is 15.1. The molecule has 0 aliphatic carbocycles. The minimum atomic E-state index is -1.97. The molecule has 0 unspecified atom stereocenters. The molecule has 1 aromatic heterocycles. The summed E-state index contributed by atoms with van der Waals surface area (Å²) in [5.41, 5.74) is 1.18. The fourth-order valence-corrected chi connectivity index (χ4v) is 3.78. The summed E-state index contributed by atoms with van der Waals surface area (Å²) in [4.78, 5) is 14.9. The van der Waals surface area contributed by atoms with Gasteiger partial charge in [0.2, 0.25) is 0 Å². The number of halogens is 1. The molecule has 3 rings (SSSR count). The van der Waals surface area contributed by atoms with Crippen molar-refractivity contribution in [3.05, 3.63) is 39.4 Å². The van der Waals surface area contributed by atoms with E-state index < -0.39 is 14.1 Å². The van der Waals surface area contributed by atoms with Crippen LogP contribution in [0.15, 0.2) is 16.9 Å². The molecule has 1 aliphatic heterocycles. The Kier molecular flexibility index (Phi) is 4.53. The van der Waals surface area contributed by atoms with Crippen molar-refractivity contribution < 1.29 is 13.6 Å². The molecule has 0 saturated carbocycles. The van der Waals surface area contributed by atoms with E-state index >= 15 is 4.39 Å². The molecule has 6 heteroatoms. The zero-order valence-corrected chi connectivity index (χ0v) is 16.6. The number of rotatable bonds is 3. The van der Waals surface area contributed by atoms with Gasteiger partial charge in [-0.05, 0) is 31.0 Å². The maximum atomic E-state index is 15.0. The lowest BCUT2D eigenvalue weighted by molar-refractivity contribution is 0.271. The number of aromatic nitrogens is 1. The molecule has 0 radical (unpaired) electrons. The molecular formula is C19H26FNO3Si. The fourth-order valence-electron chi connectivity index (χ4n) is 2.83. The highest BCUT2D eigenvalue weighted by molar-refractivity contribution is 6.74. The summed E-state index contributed by atoms with van der Waals surface area (Å²) in [6, 6.07) is 3.63. The van der Waals surface area contributed by atoms with Crippen LogP contribution >= 0.6 is 0 Å². The second kappa shape index (κ2) is 6.25. The summed E-state index contributed by atoms with van der Waals surface area (Å²) in [7, 11) is -1.97. The molecule has 0 fully saturated rings. The van der Waals surface area contributed by atoms with E-state index in [4.69, 9.17) is 9.16 Å². The number of H-pyrrole nitrogens is 1. The van der Waals surface area contributed by atoms with Gasteiger partial charge >= 0.3 is 0 Å². The van der Waals surface area contributed by atoms with E-state index in [1.54, 1.807) is 6.07 Å². The summed E-state index contributed by atoms with van der Waals surface area (Å²) >= 11 is 0. The highest BCUT2D eigenvalue weighted by Crippen LogP contribution is 2.37. The zero-order chi connectivity index (χ0) is 18.4. The van der Waals surface area contributed by atoms with E-state index in [0.717, 1.165) is 23.8 Å². The number of pyridine rings is 1. The monoisotopic (exact) mass is 363 g/mol. The predicted octanol–water partition coefficient (Wildman–Crippen LogP) is 4.51. The number of benzene rings is 1. The Labute approximate surface area is 148 Å².